The number of piperidine rings is 1. The third-order valence-electron chi connectivity index (χ3n) is 4.77. The number of rotatable bonds is 4. The lowest BCUT2D eigenvalue weighted by Gasteiger charge is -2.30. The van der Waals surface area contributed by atoms with Gasteiger partial charge in [-0.15, -0.1) is 10.2 Å². The first kappa shape index (κ1) is 17.6. The molecule has 0 spiro atoms. The van der Waals surface area contributed by atoms with Crippen LogP contribution in [-0.2, 0) is 9.53 Å². The molecule has 0 saturated carbocycles. The number of hydrogen-bond acceptors (Lipinski definition) is 8. The molecule has 1 aromatic carbocycles. The van der Waals surface area contributed by atoms with Crippen molar-refractivity contribution >= 4 is 39.4 Å². The van der Waals surface area contributed by atoms with Crippen LogP contribution < -0.4 is 9.80 Å². The lowest BCUT2D eigenvalue weighted by Crippen LogP contribution is -2.36. The molecule has 1 aromatic heterocycles. The van der Waals surface area contributed by atoms with E-state index in [1.807, 2.05) is 4.90 Å². The Balaban J connectivity index is 1.47. The first-order valence-corrected chi connectivity index (χ1v) is 9.64. The van der Waals surface area contributed by atoms with Gasteiger partial charge in [0, 0.05) is 13.1 Å². The average Bonchev–Trinajstić information content (AvgIpc) is 3.26. The maximum Gasteiger partial charge on any atom is 0.309 e. The van der Waals surface area contributed by atoms with E-state index in [0.29, 0.717) is 48.8 Å². The minimum Gasteiger partial charge on any atom is -0.466 e. The number of nitrogens with zero attached hydrogens (tertiary/aromatic N) is 4. The highest BCUT2D eigenvalue weighted by molar-refractivity contribution is 7.19. The number of carbonyl (C=O) groups is 3. The highest BCUT2D eigenvalue weighted by Crippen LogP contribution is 2.34. The zero-order valence-electron chi connectivity index (χ0n) is 14.8. The van der Waals surface area contributed by atoms with Gasteiger partial charge in [0.25, 0.3) is 11.8 Å². The van der Waals surface area contributed by atoms with Crippen LogP contribution in [0.25, 0.3) is 0 Å². The second-order valence-corrected chi connectivity index (χ2v) is 7.31. The Morgan fingerprint density at radius 1 is 1.11 bits per heavy atom. The normalized spacial score (nSPS) is 17.4. The Morgan fingerprint density at radius 3 is 2.30 bits per heavy atom. The number of anilines is 2. The molecule has 3 heterocycles. The standard InChI is InChI=1S/C18H18N4O4S/c1-2-26-16(25)11-7-9-21(10-8-11)17-19-20-18(27-17)22-14(23)12-5-3-4-6-13(12)15(22)24/h3-6,11H,2,7-10H2,1H3. The van der Waals surface area contributed by atoms with Crippen molar-refractivity contribution in [1.29, 1.82) is 0 Å². The Hall–Kier alpha value is -2.81. The number of benzene rings is 1. The summed E-state index contributed by atoms with van der Waals surface area (Å²) < 4.78 is 5.08. The van der Waals surface area contributed by atoms with Crippen LogP contribution in [0.4, 0.5) is 10.3 Å². The summed E-state index contributed by atoms with van der Waals surface area (Å²) in [5, 5.41) is 9.12. The van der Waals surface area contributed by atoms with E-state index in [4.69, 9.17) is 4.74 Å². The van der Waals surface area contributed by atoms with Crippen LogP contribution in [0, 0.1) is 5.92 Å². The van der Waals surface area contributed by atoms with Gasteiger partial charge in [0.05, 0.1) is 23.7 Å². The fourth-order valence-electron chi connectivity index (χ4n) is 3.36. The number of aromatic nitrogens is 2. The van der Waals surface area contributed by atoms with Gasteiger partial charge >= 0.3 is 5.97 Å². The highest BCUT2D eigenvalue weighted by Gasteiger charge is 2.39. The van der Waals surface area contributed by atoms with Crippen LogP contribution >= 0.6 is 11.3 Å². The van der Waals surface area contributed by atoms with E-state index in [0.717, 1.165) is 4.90 Å². The molecule has 0 atom stereocenters. The van der Waals surface area contributed by atoms with E-state index >= 15 is 0 Å². The Morgan fingerprint density at radius 2 is 1.70 bits per heavy atom. The van der Waals surface area contributed by atoms with Crippen molar-refractivity contribution in [2.75, 3.05) is 29.5 Å². The monoisotopic (exact) mass is 386 g/mol. The molecule has 4 rings (SSSR count). The predicted octanol–water partition coefficient (Wildman–Crippen LogP) is 2.12. The molecule has 2 aliphatic heterocycles. The SMILES string of the molecule is CCOC(=O)C1CCN(c2nnc(N3C(=O)c4ccccc4C3=O)s2)CC1. The van der Waals surface area contributed by atoms with Crippen LogP contribution in [-0.4, -0.2) is 47.7 Å². The van der Waals surface area contributed by atoms with E-state index in [2.05, 4.69) is 10.2 Å². The zero-order chi connectivity index (χ0) is 19.0. The second-order valence-electron chi connectivity index (χ2n) is 6.37. The molecule has 1 fully saturated rings. The second kappa shape index (κ2) is 7.07. The van der Waals surface area contributed by atoms with Crippen molar-refractivity contribution in [2.45, 2.75) is 19.8 Å². The summed E-state index contributed by atoms with van der Waals surface area (Å²) in [5.74, 6) is -0.996. The number of hydrogen-bond donors (Lipinski definition) is 0. The summed E-state index contributed by atoms with van der Waals surface area (Å²) in [4.78, 5) is 40.1. The van der Waals surface area contributed by atoms with E-state index in [-0.39, 0.29) is 28.8 Å². The number of esters is 1. The van der Waals surface area contributed by atoms with Crippen LogP contribution in [0.3, 0.4) is 0 Å². The molecule has 0 unspecified atom stereocenters. The molecule has 8 nitrogen and oxygen atoms in total. The summed E-state index contributed by atoms with van der Waals surface area (Å²) >= 11 is 1.21. The van der Waals surface area contributed by atoms with Crippen LogP contribution in [0.2, 0.25) is 0 Å². The third-order valence-corrected chi connectivity index (χ3v) is 5.74. The largest absolute Gasteiger partial charge is 0.466 e. The summed E-state index contributed by atoms with van der Waals surface area (Å²) in [5.41, 5.74) is 0.768. The summed E-state index contributed by atoms with van der Waals surface area (Å²) in [6.45, 7) is 3.49. The van der Waals surface area contributed by atoms with Crippen molar-refractivity contribution in [3.8, 4) is 0 Å². The minimum absolute atomic E-state index is 0.0928. The average molecular weight is 386 g/mol. The molecule has 0 aliphatic carbocycles. The molecule has 2 aliphatic rings. The lowest BCUT2D eigenvalue weighted by atomic mass is 9.97. The topological polar surface area (TPSA) is 92.7 Å². The van der Waals surface area contributed by atoms with Gasteiger partial charge in [-0.25, -0.2) is 4.90 Å². The summed E-state index contributed by atoms with van der Waals surface area (Å²) in [6, 6.07) is 6.73. The first-order valence-electron chi connectivity index (χ1n) is 8.83. The first-order chi connectivity index (χ1) is 13.1. The fraction of sp³-hybridized carbons (Fsp3) is 0.389. The lowest BCUT2D eigenvalue weighted by molar-refractivity contribution is -0.148. The molecule has 2 aromatic rings. The highest BCUT2D eigenvalue weighted by atomic mass is 32.1. The van der Waals surface area contributed by atoms with Crippen molar-refractivity contribution in [1.82, 2.24) is 10.2 Å². The maximum absolute atomic E-state index is 12.6. The Labute approximate surface area is 159 Å². The van der Waals surface area contributed by atoms with Crippen molar-refractivity contribution in [3.05, 3.63) is 35.4 Å². The van der Waals surface area contributed by atoms with Gasteiger partial charge in [-0.3, -0.25) is 14.4 Å². The molecule has 27 heavy (non-hydrogen) atoms. The molecular formula is C18H18N4O4S. The van der Waals surface area contributed by atoms with Crippen LogP contribution in [0.5, 0.6) is 0 Å². The van der Waals surface area contributed by atoms with Crippen molar-refractivity contribution in [3.63, 3.8) is 0 Å². The number of carbonyl (C=O) groups excluding carboxylic acids is 3. The number of amides is 2. The quantitative estimate of drug-likeness (QED) is 0.587. The molecule has 1 saturated heterocycles. The van der Waals surface area contributed by atoms with Crippen LogP contribution in [0.15, 0.2) is 24.3 Å². The predicted molar refractivity (Wildman–Crippen MR) is 99.1 cm³/mol. The third kappa shape index (κ3) is 3.08. The van der Waals surface area contributed by atoms with E-state index < -0.39 is 0 Å². The van der Waals surface area contributed by atoms with Gasteiger partial charge in [0.1, 0.15) is 0 Å². The Bertz CT molecular complexity index is 869. The molecule has 0 N–H and O–H groups in total. The Kier molecular flexibility index (Phi) is 4.61. The number of fused-ring (bicyclic) bond motifs is 1. The van der Waals surface area contributed by atoms with Gasteiger partial charge in [-0.2, -0.15) is 0 Å². The number of ether oxygens (including phenoxy) is 1. The van der Waals surface area contributed by atoms with Crippen molar-refractivity contribution in [2.24, 2.45) is 5.92 Å². The van der Waals surface area contributed by atoms with Crippen molar-refractivity contribution < 1.29 is 19.1 Å². The van der Waals surface area contributed by atoms with E-state index in [9.17, 15) is 14.4 Å². The van der Waals surface area contributed by atoms with Gasteiger partial charge in [0.2, 0.25) is 10.3 Å². The van der Waals surface area contributed by atoms with E-state index in [1.165, 1.54) is 11.3 Å². The smallest absolute Gasteiger partial charge is 0.309 e. The van der Waals surface area contributed by atoms with E-state index in [1.54, 1.807) is 31.2 Å². The summed E-state index contributed by atoms with van der Waals surface area (Å²) in [6.07, 6.45) is 1.36. The minimum atomic E-state index is -0.376. The summed E-state index contributed by atoms with van der Waals surface area (Å²) in [7, 11) is 0. The zero-order valence-corrected chi connectivity index (χ0v) is 15.6. The van der Waals surface area contributed by atoms with Gasteiger partial charge in [-0.1, -0.05) is 23.5 Å². The molecule has 2 amide bonds. The maximum atomic E-state index is 12.6. The molecule has 9 heteroatoms. The molecule has 0 radical (unpaired) electrons. The van der Waals surface area contributed by atoms with Gasteiger partial charge in [-0.05, 0) is 31.9 Å². The molecular weight excluding hydrogens is 368 g/mol. The fourth-order valence-corrected chi connectivity index (χ4v) is 4.25. The van der Waals surface area contributed by atoms with Crippen LogP contribution in [0.1, 0.15) is 40.5 Å². The van der Waals surface area contributed by atoms with Gasteiger partial charge in [0.15, 0.2) is 0 Å². The molecule has 140 valence electrons. The molecule has 0 bridgehead atoms. The number of imide groups is 1. The van der Waals surface area contributed by atoms with Gasteiger partial charge < -0.3 is 9.64 Å².